The van der Waals surface area contributed by atoms with E-state index in [-0.39, 0.29) is 41.4 Å². The molecule has 2 saturated carbocycles. The number of nitrogens with zero attached hydrogens (tertiary/aromatic N) is 2. The topological polar surface area (TPSA) is 170 Å². The zero-order valence-corrected chi connectivity index (χ0v) is 35.4. The van der Waals surface area contributed by atoms with Crippen LogP contribution in [0.1, 0.15) is 112 Å². The Labute approximate surface area is 357 Å². The summed E-state index contributed by atoms with van der Waals surface area (Å²) < 4.78 is 26.4. The summed E-state index contributed by atoms with van der Waals surface area (Å²) in [7, 11) is 2.73. The number of Topliss-reactive ketones (excluding diaryl/α,β-unsaturated/α-hetero) is 1. The van der Waals surface area contributed by atoms with Gasteiger partial charge in [-0.25, -0.2) is 9.59 Å². The molecule has 0 spiro atoms. The predicted octanol–water partition coefficient (Wildman–Crippen LogP) is 5.89. The molecule has 14 nitrogen and oxygen atoms in total. The fourth-order valence-corrected chi connectivity index (χ4v) is 8.38. The summed E-state index contributed by atoms with van der Waals surface area (Å²) in [6, 6.07) is 15.8. The largest absolute Gasteiger partial charge is 0.492 e. The molecule has 5 aliphatic rings. The SMILES string of the molecule is COC(=O)c1ccc2c(c1)OCCN(C(=O)C1CCCCC1)C2.COC(=O)c1ccc2c(c1)OCCNC2.O=C(CO)c1ccc2c(c1)OCCN(C(=O)C1CCCCC1)C2. The van der Waals surface area contributed by atoms with Gasteiger partial charge in [-0.15, -0.1) is 0 Å². The Bertz CT molecular complexity index is 1900. The molecule has 0 bridgehead atoms. The maximum atomic E-state index is 12.7. The van der Waals surface area contributed by atoms with Crippen molar-refractivity contribution in [3.05, 3.63) is 88.0 Å². The second kappa shape index (κ2) is 22.4. The van der Waals surface area contributed by atoms with Crippen LogP contribution in [-0.4, -0.2) is 105 Å². The number of methoxy groups -OCH3 is 2. The molecule has 2 aliphatic carbocycles. The predicted molar refractivity (Wildman–Crippen MR) is 226 cm³/mol. The van der Waals surface area contributed by atoms with Gasteiger partial charge in [-0.3, -0.25) is 14.4 Å². The lowest BCUT2D eigenvalue weighted by Gasteiger charge is -2.28. The van der Waals surface area contributed by atoms with Crippen LogP contribution in [0.25, 0.3) is 0 Å². The van der Waals surface area contributed by atoms with Crippen LogP contribution >= 0.6 is 0 Å². The molecule has 328 valence electrons. The molecular formula is C47H59N3O11. The molecule has 2 N–H and O–H groups in total. The number of fused-ring (bicyclic) bond motifs is 3. The highest BCUT2D eigenvalue weighted by Gasteiger charge is 2.30. The van der Waals surface area contributed by atoms with Crippen LogP contribution in [0.5, 0.6) is 17.2 Å². The maximum absolute atomic E-state index is 12.7. The molecule has 0 atom stereocenters. The van der Waals surface area contributed by atoms with E-state index >= 15 is 0 Å². The van der Waals surface area contributed by atoms with Gasteiger partial charge in [-0.1, -0.05) is 62.8 Å². The molecule has 2 amide bonds. The summed E-state index contributed by atoms with van der Waals surface area (Å²) in [6.07, 6.45) is 11.1. The lowest BCUT2D eigenvalue weighted by atomic mass is 9.88. The van der Waals surface area contributed by atoms with Gasteiger partial charge in [0.15, 0.2) is 5.78 Å². The molecule has 61 heavy (non-hydrogen) atoms. The van der Waals surface area contributed by atoms with E-state index in [1.165, 1.54) is 27.1 Å². The second-order valence-electron chi connectivity index (χ2n) is 15.9. The number of amides is 2. The third kappa shape index (κ3) is 12.1. The quantitative estimate of drug-likeness (QED) is 0.223. The lowest BCUT2D eigenvalue weighted by molar-refractivity contribution is -0.138. The number of aliphatic hydroxyl groups is 1. The van der Waals surface area contributed by atoms with E-state index in [1.807, 2.05) is 28.0 Å². The van der Waals surface area contributed by atoms with E-state index in [0.29, 0.717) is 74.2 Å². The Morgan fingerprint density at radius 2 is 1.03 bits per heavy atom. The first-order chi connectivity index (χ1) is 29.7. The molecule has 3 aromatic rings. The summed E-state index contributed by atoms with van der Waals surface area (Å²) >= 11 is 0. The Balaban J connectivity index is 0.000000157. The van der Waals surface area contributed by atoms with Gasteiger partial charge in [0.25, 0.3) is 0 Å². The summed E-state index contributed by atoms with van der Waals surface area (Å²) in [4.78, 5) is 63.7. The number of hydrogen-bond donors (Lipinski definition) is 2. The summed E-state index contributed by atoms with van der Waals surface area (Å²) in [5, 5.41) is 12.2. The van der Waals surface area contributed by atoms with Crippen LogP contribution < -0.4 is 19.5 Å². The highest BCUT2D eigenvalue weighted by molar-refractivity contribution is 5.97. The fraction of sp³-hybridized carbons (Fsp3) is 0.511. The van der Waals surface area contributed by atoms with E-state index in [1.54, 1.807) is 36.4 Å². The minimum atomic E-state index is -0.509. The molecule has 3 heterocycles. The summed E-state index contributed by atoms with van der Waals surface area (Å²) in [5.41, 5.74) is 4.37. The van der Waals surface area contributed by atoms with Gasteiger partial charge in [0.2, 0.25) is 11.8 Å². The number of hydrogen-bond acceptors (Lipinski definition) is 12. The number of aliphatic hydroxyl groups excluding tert-OH is 1. The van der Waals surface area contributed by atoms with Gasteiger partial charge in [0.05, 0.1) is 38.4 Å². The van der Waals surface area contributed by atoms with Crippen molar-refractivity contribution < 1.29 is 52.8 Å². The molecule has 3 aliphatic heterocycles. The number of ketones is 1. The highest BCUT2D eigenvalue weighted by Crippen LogP contribution is 2.31. The van der Waals surface area contributed by atoms with Gasteiger partial charge in [0, 0.05) is 60.3 Å². The number of benzene rings is 3. The molecule has 8 rings (SSSR count). The average Bonchev–Trinajstić information content (AvgIpc) is 3.79. The second-order valence-corrected chi connectivity index (χ2v) is 15.9. The zero-order chi connectivity index (χ0) is 43.1. The van der Waals surface area contributed by atoms with E-state index in [0.717, 1.165) is 86.9 Å². The van der Waals surface area contributed by atoms with Gasteiger partial charge in [0.1, 0.15) is 43.7 Å². The van der Waals surface area contributed by atoms with Crippen molar-refractivity contribution in [2.45, 2.75) is 83.8 Å². The number of rotatable bonds is 6. The van der Waals surface area contributed by atoms with Crippen LogP contribution in [0.4, 0.5) is 0 Å². The Kier molecular flexibility index (Phi) is 16.5. The normalized spacial score (nSPS) is 17.7. The number of esters is 2. The van der Waals surface area contributed by atoms with Crippen LogP contribution in [0.3, 0.4) is 0 Å². The van der Waals surface area contributed by atoms with Crippen LogP contribution in [0.2, 0.25) is 0 Å². The molecule has 14 heteroatoms. The van der Waals surface area contributed by atoms with Gasteiger partial charge < -0.3 is 43.9 Å². The molecule has 3 aromatic carbocycles. The number of ether oxygens (including phenoxy) is 5. The van der Waals surface area contributed by atoms with Crippen LogP contribution in [0.15, 0.2) is 54.6 Å². The molecule has 0 radical (unpaired) electrons. The first kappa shape index (κ1) is 45.1. The average molecular weight is 842 g/mol. The van der Waals surface area contributed by atoms with Crippen molar-refractivity contribution in [1.29, 1.82) is 0 Å². The smallest absolute Gasteiger partial charge is 0.337 e. The zero-order valence-electron chi connectivity index (χ0n) is 35.4. The van der Waals surface area contributed by atoms with Crippen molar-refractivity contribution in [1.82, 2.24) is 15.1 Å². The van der Waals surface area contributed by atoms with Crippen molar-refractivity contribution in [2.24, 2.45) is 11.8 Å². The van der Waals surface area contributed by atoms with Crippen molar-refractivity contribution in [3.8, 4) is 17.2 Å². The van der Waals surface area contributed by atoms with Crippen molar-refractivity contribution in [2.75, 3.05) is 60.3 Å². The van der Waals surface area contributed by atoms with Crippen molar-refractivity contribution in [3.63, 3.8) is 0 Å². The Morgan fingerprint density at radius 1 is 0.607 bits per heavy atom. The third-order valence-electron chi connectivity index (χ3n) is 11.9. The van der Waals surface area contributed by atoms with Gasteiger partial charge >= 0.3 is 11.9 Å². The number of carbonyl (C=O) groups is 5. The summed E-state index contributed by atoms with van der Waals surface area (Å²) in [5.74, 6) is 1.85. The first-order valence-electron chi connectivity index (χ1n) is 21.5. The maximum Gasteiger partial charge on any atom is 0.337 e. The van der Waals surface area contributed by atoms with E-state index in [2.05, 4.69) is 10.1 Å². The molecule has 0 saturated heterocycles. The van der Waals surface area contributed by atoms with Crippen LogP contribution in [-0.2, 0) is 38.7 Å². The van der Waals surface area contributed by atoms with Gasteiger partial charge in [-0.2, -0.15) is 0 Å². The van der Waals surface area contributed by atoms with E-state index in [4.69, 9.17) is 24.1 Å². The molecule has 2 fully saturated rings. The highest BCUT2D eigenvalue weighted by atomic mass is 16.5. The summed E-state index contributed by atoms with van der Waals surface area (Å²) in [6.45, 7) is 4.84. The van der Waals surface area contributed by atoms with Crippen molar-refractivity contribution >= 4 is 29.5 Å². The molecular weight excluding hydrogens is 783 g/mol. The monoisotopic (exact) mass is 841 g/mol. The first-order valence-corrected chi connectivity index (χ1v) is 21.5. The van der Waals surface area contributed by atoms with E-state index < -0.39 is 6.61 Å². The number of carbonyl (C=O) groups excluding carboxylic acids is 5. The third-order valence-corrected chi connectivity index (χ3v) is 11.9. The van der Waals surface area contributed by atoms with Crippen LogP contribution in [0, 0.1) is 11.8 Å². The van der Waals surface area contributed by atoms with Gasteiger partial charge in [-0.05, 0) is 56.0 Å². The minimum Gasteiger partial charge on any atom is -0.492 e. The molecule has 0 aromatic heterocycles. The Hall–Kier alpha value is -5.47. The van der Waals surface area contributed by atoms with E-state index in [9.17, 15) is 24.0 Å². The minimum absolute atomic E-state index is 0.153. The lowest BCUT2D eigenvalue weighted by Crippen LogP contribution is -2.37. The number of nitrogens with one attached hydrogen (secondary N) is 1. The standard InChI is InChI=1S/2C18H23NO4.C11H13NO3/c1-22-18(21)14-7-8-15-12-19(9-10-23-16(15)11-14)17(20)13-5-3-2-4-6-13;20-12-16(21)14-6-7-15-11-19(8-9-23-17(15)10-14)18(22)13-4-2-1-3-5-13;1-14-11(13)8-2-3-9-7-12-4-5-15-10(9)6-8/h7-8,11,13H,2-6,9-10,12H2,1H3;6-7,10,13,20H,1-5,8-9,11-12H2;2-3,6,12H,4-5,7H2,1H3. The Morgan fingerprint density at radius 3 is 1.51 bits per heavy atom. The fourth-order valence-electron chi connectivity index (χ4n) is 8.38. The molecule has 0 unspecified atom stereocenters.